The summed E-state index contributed by atoms with van der Waals surface area (Å²) in [5.74, 6) is 0. The van der Waals surface area contributed by atoms with Crippen LogP contribution in [0.25, 0.3) is 11.1 Å². The molecule has 0 spiro atoms. The Morgan fingerprint density at radius 1 is 1.17 bits per heavy atom. The van der Waals surface area contributed by atoms with Gasteiger partial charge in [-0.3, -0.25) is 4.98 Å². The van der Waals surface area contributed by atoms with Crippen molar-refractivity contribution in [1.29, 1.82) is 0 Å². The van der Waals surface area contributed by atoms with E-state index in [0.717, 1.165) is 11.1 Å². The Balaban J connectivity index is 1.79. The quantitative estimate of drug-likeness (QED) is 0.782. The fraction of sp³-hybridized carbons (Fsp3) is 0.0769. The predicted molar refractivity (Wildman–Crippen MR) is 70.6 cm³/mol. The number of anilines is 1. The number of nitrogens with one attached hydrogen (secondary N) is 1. The molecule has 5 heteroatoms. The zero-order valence-electron chi connectivity index (χ0n) is 9.43. The lowest BCUT2D eigenvalue weighted by Gasteiger charge is -2.00. The highest BCUT2D eigenvalue weighted by Gasteiger charge is 2.05. The van der Waals surface area contributed by atoms with Gasteiger partial charge in [-0.2, -0.15) is 4.98 Å². The van der Waals surface area contributed by atoms with E-state index in [-0.39, 0.29) is 0 Å². The molecule has 4 nitrogen and oxygen atoms in total. The lowest BCUT2D eigenvalue weighted by molar-refractivity contribution is 0.614. The summed E-state index contributed by atoms with van der Waals surface area (Å²) in [7, 11) is 0. The van der Waals surface area contributed by atoms with Crippen molar-refractivity contribution in [3.05, 3.63) is 53.3 Å². The molecule has 0 radical (unpaired) electrons. The van der Waals surface area contributed by atoms with Gasteiger partial charge in [-0.25, -0.2) is 0 Å². The third kappa shape index (κ3) is 2.28. The standard InChI is InChI=1S/C13H10ClN3O/c14-10-1-2-11-12(7-10)18-13(17-11)16-8-9-3-5-15-6-4-9/h1-7H,8H2,(H,16,17). The van der Waals surface area contributed by atoms with Crippen LogP contribution in [-0.2, 0) is 6.54 Å². The van der Waals surface area contributed by atoms with Crippen LogP contribution < -0.4 is 5.32 Å². The number of benzene rings is 1. The zero-order valence-corrected chi connectivity index (χ0v) is 10.2. The minimum atomic E-state index is 0.490. The maximum atomic E-state index is 5.89. The van der Waals surface area contributed by atoms with Crippen LogP contribution in [0, 0.1) is 0 Å². The molecule has 0 unspecified atom stereocenters. The number of hydrogen-bond acceptors (Lipinski definition) is 4. The molecule has 0 bridgehead atoms. The molecule has 90 valence electrons. The SMILES string of the molecule is Clc1ccc2nc(NCc3ccncc3)oc2c1. The van der Waals surface area contributed by atoms with Crippen molar-refractivity contribution in [3.8, 4) is 0 Å². The average Bonchev–Trinajstić information content (AvgIpc) is 2.79. The molecule has 2 heterocycles. The molecule has 0 aliphatic heterocycles. The summed E-state index contributed by atoms with van der Waals surface area (Å²) in [4.78, 5) is 8.28. The van der Waals surface area contributed by atoms with Crippen molar-refractivity contribution in [2.24, 2.45) is 0 Å². The number of hydrogen-bond donors (Lipinski definition) is 1. The highest BCUT2D eigenvalue weighted by Crippen LogP contribution is 2.22. The van der Waals surface area contributed by atoms with Crippen LogP contribution in [0.1, 0.15) is 5.56 Å². The summed E-state index contributed by atoms with van der Waals surface area (Å²) in [6, 6.07) is 9.74. The fourth-order valence-electron chi connectivity index (χ4n) is 1.65. The smallest absolute Gasteiger partial charge is 0.295 e. The van der Waals surface area contributed by atoms with Crippen LogP contribution in [0.4, 0.5) is 6.01 Å². The summed E-state index contributed by atoms with van der Waals surface area (Å²) >= 11 is 5.89. The Morgan fingerprint density at radius 2 is 2.00 bits per heavy atom. The number of oxazole rings is 1. The average molecular weight is 260 g/mol. The van der Waals surface area contributed by atoms with Crippen LogP contribution in [0.5, 0.6) is 0 Å². The highest BCUT2D eigenvalue weighted by atomic mass is 35.5. The van der Waals surface area contributed by atoms with E-state index >= 15 is 0 Å². The summed E-state index contributed by atoms with van der Waals surface area (Å²) in [5, 5.41) is 3.76. The van der Waals surface area contributed by atoms with E-state index in [4.69, 9.17) is 16.0 Å². The van der Waals surface area contributed by atoms with E-state index < -0.39 is 0 Å². The maximum absolute atomic E-state index is 5.89. The van der Waals surface area contributed by atoms with Gasteiger partial charge in [0.05, 0.1) is 0 Å². The van der Waals surface area contributed by atoms with Crippen LogP contribution >= 0.6 is 11.6 Å². The van der Waals surface area contributed by atoms with Gasteiger partial charge < -0.3 is 9.73 Å². The topological polar surface area (TPSA) is 51.0 Å². The summed E-state index contributed by atoms with van der Waals surface area (Å²) in [6.07, 6.45) is 3.51. The van der Waals surface area contributed by atoms with Gasteiger partial charge in [0.1, 0.15) is 5.52 Å². The number of halogens is 1. The van der Waals surface area contributed by atoms with Gasteiger partial charge in [0.2, 0.25) is 0 Å². The van der Waals surface area contributed by atoms with Gasteiger partial charge in [0.15, 0.2) is 5.58 Å². The number of pyridine rings is 1. The largest absolute Gasteiger partial charge is 0.423 e. The molecular formula is C13H10ClN3O. The van der Waals surface area contributed by atoms with Crippen LogP contribution in [0.3, 0.4) is 0 Å². The van der Waals surface area contributed by atoms with Crippen LogP contribution in [0.15, 0.2) is 47.1 Å². The van der Waals surface area contributed by atoms with Gasteiger partial charge in [-0.05, 0) is 29.8 Å². The van der Waals surface area contributed by atoms with E-state index in [2.05, 4.69) is 15.3 Å². The Kier molecular flexibility index (Phi) is 2.86. The monoisotopic (exact) mass is 259 g/mol. The molecule has 0 saturated heterocycles. The van der Waals surface area contributed by atoms with Crippen molar-refractivity contribution in [2.45, 2.75) is 6.54 Å². The minimum absolute atomic E-state index is 0.490. The molecule has 0 aliphatic rings. The van der Waals surface area contributed by atoms with Crippen molar-refractivity contribution in [1.82, 2.24) is 9.97 Å². The third-order valence-corrected chi connectivity index (χ3v) is 2.78. The molecule has 2 aromatic heterocycles. The molecule has 1 aromatic carbocycles. The molecule has 3 aromatic rings. The molecule has 0 amide bonds. The van der Waals surface area contributed by atoms with Gasteiger partial charge in [-0.15, -0.1) is 0 Å². The van der Waals surface area contributed by atoms with Gasteiger partial charge in [0.25, 0.3) is 6.01 Å². The first-order chi connectivity index (χ1) is 8.81. The highest BCUT2D eigenvalue weighted by molar-refractivity contribution is 6.31. The van der Waals surface area contributed by atoms with Crippen molar-refractivity contribution in [3.63, 3.8) is 0 Å². The Morgan fingerprint density at radius 3 is 2.83 bits per heavy atom. The second-order valence-corrected chi connectivity index (χ2v) is 4.28. The molecule has 3 rings (SSSR count). The lowest BCUT2D eigenvalue weighted by atomic mass is 10.3. The second kappa shape index (κ2) is 4.66. The first kappa shape index (κ1) is 11.0. The number of nitrogens with zero attached hydrogens (tertiary/aromatic N) is 2. The second-order valence-electron chi connectivity index (χ2n) is 3.84. The fourth-order valence-corrected chi connectivity index (χ4v) is 1.81. The van der Waals surface area contributed by atoms with Crippen molar-refractivity contribution in [2.75, 3.05) is 5.32 Å². The number of aromatic nitrogens is 2. The molecule has 1 N–H and O–H groups in total. The predicted octanol–water partition coefficient (Wildman–Crippen LogP) is 3.49. The molecule has 18 heavy (non-hydrogen) atoms. The molecule has 0 saturated carbocycles. The van der Waals surface area contributed by atoms with Gasteiger partial charge >= 0.3 is 0 Å². The van der Waals surface area contributed by atoms with Gasteiger partial charge in [0, 0.05) is 30.0 Å². The summed E-state index contributed by atoms with van der Waals surface area (Å²) < 4.78 is 5.55. The Labute approximate surface area is 109 Å². The van der Waals surface area contributed by atoms with E-state index in [1.165, 1.54) is 0 Å². The van der Waals surface area contributed by atoms with E-state index in [1.54, 1.807) is 24.5 Å². The molecule has 0 fully saturated rings. The Hall–Kier alpha value is -2.07. The Bertz CT molecular complexity index is 666. The number of rotatable bonds is 3. The molecule has 0 atom stereocenters. The first-order valence-corrected chi connectivity index (χ1v) is 5.88. The third-order valence-electron chi connectivity index (χ3n) is 2.54. The van der Waals surface area contributed by atoms with Crippen LogP contribution in [0.2, 0.25) is 5.02 Å². The first-order valence-electron chi connectivity index (χ1n) is 5.50. The van der Waals surface area contributed by atoms with E-state index in [1.807, 2.05) is 18.2 Å². The van der Waals surface area contributed by atoms with E-state index in [9.17, 15) is 0 Å². The lowest BCUT2D eigenvalue weighted by Crippen LogP contribution is -1.99. The zero-order chi connectivity index (χ0) is 12.4. The van der Waals surface area contributed by atoms with Crippen LogP contribution in [-0.4, -0.2) is 9.97 Å². The molecule has 0 aliphatic carbocycles. The minimum Gasteiger partial charge on any atom is -0.423 e. The molecular weight excluding hydrogens is 250 g/mol. The normalized spacial score (nSPS) is 10.7. The van der Waals surface area contributed by atoms with Crippen molar-refractivity contribution < 1.29 is 4.42 Å². The van der Waals surface area contributed by atoms with Crippen molar-refractivity contribution >= 4 is 28.7 Å². The summed E-state index contributed by atoms with van der Waals surface area (Å²) in [5.41, 5.74) is 2.58. The number of fused-ring (bicyclic) bond motifs is 1. The van der Waals surface area contributed by atoms with Gasteiger partial charge in [-0.1, -0.05) is 11.6 Å². The summed E-state index contributed by atoms with van der Waals surface area (Å²) in [6.45, 7) is 0.642. The van der Waals surface area contributed by atoms with E-state index in [0.29, 0.717) is 23.2 Å². The maximum Gasteiger partial charge on any atom is 0.295 e.